The van der Waals surface area contributed by atoms with Gasteiger partial charge in [-0.15, -0.1) is 0 Å². The molecule has 0 amide bonds. The molecule has 2 heterocycles. The summed E-state index contributed by atoms with van der Waals surface area (Å²) in [5, 5.41) is 0. The molecule has 0 unspecified atom stereocenters. The van der Waals surface area contributed by atoms with Gasteiger partial charge >= 0.3 is 0 Å². The van der Waals surface area contributed by atoms with E-state index in [0.717, 1.165) is 0 Å². The summed E-state index contributed by atoms with van der Waals surface area (Å²) in [5.74, 6) is -0.0800. The Labute approximate surface area is 80.4 Å². The fraction of sp³-hybridized carbons (Fsp3) is 0. The van der Waals surface area contributed by atoms with Crippen molar-refractivity contribution in [1.29, 1.82) is 0 Å². The lowest BCUT2D eigenvalue weighted by Crippen LogP contribution is -1.95. The van der Waals surface area contributed by atoms with E-state index in [4.69, 9.17) is 5.73 Å². The predicted octanol–water partition coefficient (Wildman–Crippen LogP) is 1.86. The van der Waals surface area contributed by atoms with Crippen LogP contribution in [0.2, 0.25) is 0 Å². The zero-order valence-electron chi connectivity index (χ0n) is 7.31. The van der Waals surface area contributed by atoms with Crippen LogP contribution in [0.4, 0.5) is 10.2 Å². The van der Waals surface area contributed by atoms with Crippen molar-refractivity contribution in [3.63, 3.8) is 0 Å². The van der Waals surface area contributed by atoms with Crippen molar-refractivity contribution < 1.29 is 4.39 Å². The quantitative estimate of drug-likeness (QED) is 0.744. The molecular weight excluding hydrogens is 181 g/mol. The highest BCUT2D eigenvalue weighted by Gasteiger charge is 2.06. The minimum atomic E-state index is -0.384. The van der Waals surface area contributed by atoms with E-state index in [0.29, 0.717) is 11.4 Å². The maximum atomic E-state index is 13.3. The molecule has 0 aromatic carbocycles. The monoisotopic (exact) mass is 189 g/mol. The van der Waals surface area contributed by atoms with Crippen LogP contribution in [0, 0.1) is 5.82 Å². The molecule has 2 rings (SSSR count). The maximum Gasteiger partial charge on any atom is 0.149 e. The topological polar surface area (TPSA) is 51.8 Å². The molecule has 0 aliphatic heterocycles. The first kappa shape index (κ1) is 8.62. The molecule has 2 aromatic heterocycles. The van der Waals surface area contributed by atoms with E-state index in [1.165, 1.54) is 12.1 Å². The largest absolute Gasteiger partial charge is 0.384 e. The number of nitrogens with two attached hydrogens (primary N) is 1. The van der Waals surface area contributed by atoms with Crippen LogP contribution in [0.25, 0.3) is 11.3 Å². The van der Waals surface area contributed by atoms with Gasteiger partial charge in [0.05, 0.1) is 0 Å². The second-order valence-electron chi connectivity index (χ2n) is 2.80. The van der Waals surface area contributed by atoms with Gasteiger partial charge in [-0.05, 0) is 24.3 Å². The summed E-state index contributed by atoms with van der Waals surface area (Å²) in [6, 6.07) is 6.10. The molecule has 0 aliphatic carbocycles. The average Bonchev–Trinajstić information content (AvgIpc) is 2.23. The average molecular weight is 189 g/mol. The first-order valence-electron chi connectivity index (χ1n) is 4.10. The Morgan fingerprint density at radius 1 is 1.07 bits per heavy atom. The normalized spacial score (nSPS) is 10.1. The van der Waals surface area contributed by atoms with Gasteiger partial charge in [0.25, 0.3) is 0 Å². The van der Waals surface area contributed by atoms with E-state index in [2.05, 4.69) is 9.97 Å². The third-order valence-corrected chi connectivity index (χ3v) is 1.82. The number of aromatic nitrogens is 2. The Morgan fingerprint density at radius 3 is 2.50 bits per heavy atom. The highest BCUT2D eigenvalue weighted by atomic mass is 19.1. The molecule has 0 spiro atoms. The molecule has 70 valence electrons. The van der Waals surface area contributed by atoms with Crippen LogP contribution in [-0.4, -0.2) is 9.97 Å². The molecular formula is C10H8FN3. The summed E-state index contributed by atoms with van der Waals surface area (Å²) >= 11 is 0. The zero-order valence-corrected chi connectivity index (χ0v) is 7.31. The highest BCUT2D eigenvalue weighted by Crippen LogP contribution is 2.20. The summed E-state index contributed by atoms with van der Waals surface area (Å²) in [6.45, 7) is 0. The molecule has 0 saturated heterocycles. The Morgan fingerprint density at radius 2 is 1.79 bits per heavy atom. The summed E-state index contributed by atoms with van der Waals surface area (Å²) in [4.78, 5) is 7.76. The van der Waals surface area contributed by atoms with Crippen molar-refractivity contribution in [2.45, 2.75) is 0 Å². The standard InChI is InChI=1S/C10H8FN3/c11-8-1-2-9(12)14-10(8)7-3-5-13-6-4-7/h1-6H,(H2,12,14). The molecule has 2 aromatic rings. The Kier molecular flexibility index (Phi) is 2.10. The smallest absolute Gasteiger partial charge is 0.149 e. The zero-order chi connectivity index (χ0) is 9.97. The minimum absolute atomic E-state index is 0.257. The van der Waals surface area contributed by atoms with E-state index in [9.17, 15) is 4.39 Å². The molecule has 0 fully saturated rings. The molecule has 0 bridgehead atoms. The van der Waals surface area contributed by atoms with Crippen LogP contribution in [0.5, 0.6) is 0 Å². The highest BCUT2D eigenvalue weighted by molar-refractivity contribution is 5.60. The predicted molar refractivity (Wildman–Crippen MR) is 51.8 cm³/mol. The van der Waals surface area contributed by atoms with Gasteiger partial charge in [-0.25, -0.2) is 9.37 Å². The van der Waals surface area contributed by atoms with Gasteiger partial charge in [0.15, 0.2) is 0 Å². The SMILES string of the molecule is Nc1ccc(F)c(-c2ccncc2)n1. The Balaban J connectivity index is 2.57. The summed E-state index contributed by atoms with van der Waals surface area (Å²) in [6.07, 6.45) is 3.17. The second kappa shape index (κ2) is 3.41. The number of halogens is 1. The third-order valence-electron chi connectivity index (χ3n) is 1.82. The van der Waals surface area contributed by atoms with E-state index < -0.39 is 0 Å². The van der Waals surface area contributed by atoms with E-state index in [-0.39, 0.29) is 11.5 Å². The molecule has 14 heavy (non-hydrogen) atoms. The van der Waals surface area contributed by atoms with Crippen molar-refractivity contribution in [3.8, 4) is 11.3 Å². The molecule has 0 aliphatic rings. The van der Waals surface area contributed by atoms with Crippen LogP contribution < -0.4 is 5.73 Å². The van der Waals surface area contributed by atoms with Crippen LogP contribution in [-0.2, 0) is 0 Å². The number of nitrogen functional groups attached to an aromatic ring is 1. The molecule has 0 saturated carbocycles. The number of pyridine rings is 2. The van der Waals surface area contributed by atoms with E-state index in [1.54, 1.807) is 24.5 Å². The third kappa shape index (κ3) is 1.54. The maximum absolute atomic E-state index is 13.3. The van der Waals surface area contributed by atoms with Crippen molar-refractivity contribution in [1.82, 2.24) is 9.97 Å². The Hall–Kier alpha value is -1.97. The summed E-state index contributed by atoms with van der Waals surface area (Å²) < 4.78 is 13.3. The molecule has 0 radical (unpaired) electrons. The van der Waals surface area contributed by atoms with Gasteiger partial charge < -0.3 is 5.73 Å². The number of rotatable bonds is 1. The van der Waals surface area contributed by atoms with Gasteiger partial charge in [-0.2, -0.15) is 0 Å². The van der Waals surface area contributed by atoms with Gasteiger partial charge in [-0.1, -0.05) is 0 Å². The van der Waals surface area contributed by atoms with Crippen LogP contribution >= 0.6 is 0 Å². The van der Waals surface area contributed by atoms with Crippen molar-refractivity contribution in [2.75, 3.05) is 5.73 Å². The lowest BCUT2D eigenvalue weighted by atomic mass is 10.2. The molecule has 4 heteroatoms. The number of anilines is 1. The fourth-order valence-electron chi connectivity index (χ4n) is 1.17. The van der Waals surface area contributed by atoms with Crippen LogP contribution in [0.15, 0.2) is 36.7 Å². The van der Waals surface area contributed by atoms with E-state index >= 15 is 0 Å². The first-order chi connectivity index (χ1) is 6.77. The number of hydrogen-bond acceptors (Lipinski definition) is 3. The lowest BCUT2D eigenvalue weighted by Gasteiger charge is -2.02. The summed E-state index contributed by atoms with van der Waals surface area (Å²) in [5.41, 5.74) is 6.40. The van der Waals surface area contributed by atoms with Crippen molar-refractivity contribution in [2.24, 2.45) is 0 Å². The van der Waals surface area contributed by atoms with Gasteiger partial charge in [0.1, 0.15) is 17.3 Å². The van der Waals surface area contributed by atoms with Crippen molar-refractivity contribution in [3.05, 3.63) is 42.5 Å². The molecule has 2 N–H and O–H groups in total. The van der Waals surface area contributed by atoms with Gasteiger partial charge in [-0.3, -0.25) is 4.98 Å². The van der Waals surface area contributed by atoms with Crippen molar-refractivity contribution >= 4 is 5.82 Å². The lowest BCUT2D eigenvalue weighted by molar-refractivity contribution is 0.626. The summed E-state index contributed by atoms with van der Waals surface area (Å²) in [7, 11) is 0. The Bertz CT molecular complexity index is 442. The minimum Gasteiger partial charge on any atom is -0.384 e. The second-order valence-corrected chi connectivity index (χ2v) is 2.80. The van der Waals surface area contributed by atoms with E-state index in [1.807, 2.05) is 0 Å². The number of nitrogens with zero attached hydrogens (tertiary/aromatic N) is 2. The molecule has 0 atom stereocenters. The van der Waals surface area contributed by atoms with Gasteiger partial charge in [0.2, 0.25) is 0 Å². The molecule has 3 nitrogen and oxygen atoms in total. The van der Waals surface area contributed by atoms with Crippen LogP contribution in [0.3, 0.4) is 0 Å². The fourth-order valence-corrected chi connectivity index (χ4v) is 1.17. The van der Waals surface area contributed by atoms with Crippen LogP contribution in [0.1, 0.15) is 0 Å². The number of hydrogen-bond donors (Lipinski definition) is 1. The first-order valence-corrected chi connectivity index (χ1v) is 4.10. The van der Waals surface area contributed by atoms with Gasteiger partial charge in [0, 0.05) is 18.0 Å².